The zero-order valence-electron chi connectivity index (χ0n) is 11.6. The van der Waals surface area contributed by atoms with Crippen molar-refractivity contribution in [1.29, 1.82) is 0 Å². The maximum atomic E-state index is 12.5. The number of ketones is 1. The first-order valence-electron chi connectivity index (χ1n) is 6.42. The van der Waals surface area contributed by atoms with Gasteiger partial charge in [-0.15, -0.1) is 11.3 Å². The Labute approximate surface area is 129 Å². The molecule has 0 saturated carbocycles. The molecule has 7 heteroatoms. The summed E-state index contributed by atoms with van der Waals surface area (Å²) in [5.74, 6) is -0.256. The minimum Gasteiger partial charge on any atom is -0.397 e. The van der Waals surface area contributed by atoms with Gasteiger partial charge >= 0.3 is 0 Å². The summed E-state index contributed by atoms with van der Waals surface area (Å²) in [6, 6.07) is 9.16. The van der Waals surface area contributed by atoms with E-state index in [4.69, 9.17) is 5.73 Å². The normalized spacial score (nSPS) is 10.8. The summed E-state index contributed by atoms with van der Waals surface area (Å²) in [6.45, 7) is 1.87. The molecule has 3 rings (SSSR count). The second-order valence-electron chi connectivity index (χ2n) is 4.78. The Balaban J connectivity index is 2.05. The van der Waals surface area contributed by atoms with Gasteiger partial charge in [-0.1, -0.05) is 0 Å². The number of non-ortho nitro benzene ring substituents is 1. The summed E-state index contributed by atoms with van der Waals surface area (Å²) >= 11 is 1.23. The van der Waals surface area contributed by atoms with Crippen LogP contribution in [0.4, 0.5) is 11.4 Å². The fraction of sp³-hybridized carbons (Fsp3) is 0.0667. The van der Waals surface area contributed by atoms with E-state index in [9.17, 15) is 14.9 Å². The number of nitrogens with two attached hydrogens (primary N) is 1. The van der Waals surface area contributed by atoms with Crippen LogP contribution < -0.4 is 5.73 Å². The van der Waals surface area contributed by atoms with Gasteiger partial charge in [0.1, 0.15) is 9.71 Å². The molecule has 0 spiro atoms. The van der Waals surface area contributed by atoms with Crippen LogP contribution in [0.5, 0.6) is 0 Å². The molecule has 0 aliphatic heterocycles. The molecule has 22 heavy (non-hydrogen) atoms. The van der Waals surface area contributed by atoms with Gasteiger partial charge in [-0.05, 0) is 31.2 Å². The summed E-state index contributed by atoms with van der Waals surface area (Å²) in [5, 5.41) is 11.4. The van der Waals surface area contributed by atoms with Crippen LogP contribution >= 0.6 is 11.3 Å². The highest BCUT2D eigenvalue weighted by molar-refractivity contribution is 7.21. The quantitative estimate of drug-likeness (QED) is 0.454. The van der Waals surface area contributed by atoms with Crippen LogP contribution in [0.15, 0.2) is 36.4 Å². The van der Waals surface area contributed by atoms with Gasteiger partial charge in [0.05, 0.1) is 10.6 Å². The predicted octanol–water partition coefficient (Wildman–Crippen LogP) is 3.33. The molecular formula is C15H11N3O3S. The van der Waals surface area contributed by atoms with Crippen molar-refractivity contribution in [2.24, 2.45) is 0 Å². The van der Waals surface area contributed by atoms with Gasteiger partial charge in [-0.3, -0.25) is 14.9 Å². The van der Waals surface area contributed by atoms with Crippen molar-refractivity contribution in [2.75, 3.05) is 5.73 Å². The van der Waals surface area contributed by atoms with Crippen molar-refractivity contribution < 1.29 is 9.72 Å². The first-order chi connectivity index (χ1) is 10.5. The standard InChI is InChI=1S/C15H11N3O3S/c1-8-2-7-11-12(16)14(22-15(11)17-8)13(19)9-3-5-10(6-4-9)18(20)21/h2-7H,16H2,1H3. The van der Waals surface area contributed by atoms with E-state index < -0.39 is 4.92 Å². The fourth-order valence-electron chi connectivity index (χ4n) is 2.12. The lowest BCUT2D eigenvalue weighted by Crippen LogP contribution is -2.02. The van der Waals surface area contributed by atoms with Crippen molar-refractivity contribution in [3.05, 3.63) is 62.6 Å². The number of anilines is 1. The average Bonchev–Trinajstić information content (AvgIpc) is 2.83. The molecule has 0 radical (unpaired) electrons. The van der Waals surface area contributed by atoms with E-state index in [2.05, 4.69) is 4.98 Å². The van der Waals surface area contributed by atoms with E-state index in [0.717, 1.165) is 11.1 Å². The molecule has 0 fully saturated rings. The van der Waals surface area contributed by atoms with E-state index in [1.165, 1.54) is 35.6 Å². The molecule has 0 unspecified atom stereocenters. The maximum absolute atomic E-state index is 12.5. The summed E-state index contributed by atoms with van der Waals surface area (Å²) in [6.07, 6.45) is 0. The maximum Gasteiger partial charge on any atom is 0.269 e. The molecular weight excluding hydrogens is 302 g/mol. The molecule has 3 aromatic rings. The first-order valence-corrected chi connectivity index (χ1v) is 7.24. The van der Waals surface area contributed by atoms with E-state index in [0.29, 0.717) is 21.0 Å². The topological polar surface area (TPSA) is 99.1 Å². The van der Waals surface area contributed by atoms with E-state index in [1.807, 2.05) is 19.1 Å². The minimum atomic E-state index is -0.505. The zero-order chi connectivity index (χ0) is 15.9. The number of nitrogens with zero attached hydrogens (tertiary/aromatic N) is 2. The Morgan fingerprint density at radius 2 is 1.91 bits per heavy atom. The summed E-state index contributed by atoms with van der Waals surface area (Å²) in [7, 11) is 0. The Hall–Kier alpha value is -2.80. The smallest absolute Gasteiger partial charge is 0.269 e. The van der Waals surface area contributed by atoms with Crippen molar-refractivity contribution in [2.45, 2.75) is 6.92 Å². The predicted molar refractivity (Wildman–Crippen MR) is 85.3 cm³/mol. The van der Waals surface area contributed by atoms with Gasteiger partial charge in [0, 0.05) is 28.8 Å². The number of hydrogen-bond donors (Lipinski definition) is 1. The van der Waals surface area contributed by atoms with E-state index in [-0.39, 0.29) is 11.5 Å². The molecule has 6 nitrogen and oxygen atoms in total. The number of hydrogen-bond acceptors (Lipinski definition) is 6. The number of fused-ring (bicyclic) bond motifs is 1. The molecule has 0 amide bonds. The van der Waals surface area contributed by atoms with Crippen molar-refractivity contribution in [1.82, 2.24) is 4.98 Å². The molecule has 0 atom stereocenters. The third-order valence-corrected chi connectivity index (χ3v) is 4.39. The Kier molecular flexibility index (Phi) is 3.34. The van der Waals surface area contributed by atoms with E-state index in [1.54, 1.807) is 0 Å². The first kappa shape index (κ1) is 14.2. The van der Waals surface area contributed by atoms with Crippen LogP contribution in [-0.2, 0) is 0 Å². The van der Waals surface area contributed by atoms with Crippen molar-refractivity contribution >= 4 is 38.7 Å². The number of carbonyl (C=O) groups excluding carboxylic acids is 1. The van der Waals surface area contributed by atoms with E-state index >= 15 is 0 Å². The largest absolute Gasteiger partial charge is 0.397 e. The number of benzene rings is 1. The number of nitro benzene ring substituents is 1. The van der Waals surface area contributed by atoms with Crippen LogP contribution in [0.2, 0.25) is 0 Å². The van der Waals surface area contributed by atoms with Gasteiger partial charge in [-0.2, -0.15) is 0 Å². The second-order valence-corrected chi connectivity index (χ2v) is 5.78. The molecule has 0 saturated heterocycles. The van der Waals surface area contributed by atoms with Crippen molar-refractivity contribution in [3.8, 4) is 0 Å². The highest BCUT2D eigenvalue weighted by Gasteiger charge is 2.19. The third kappa shape index (κ3) is 2.31. The van der Waals surface area contributed by atoms with Gasteiger partial charge < -0.3 is 5.73 Å². The summed E-state index contributed by atoms with van der Waals surface area (Å²) in [4.78, 5) is 28.2. The number of pyridine rings is 1. The van der Waals surface area contributed by atoms with Crippen LogP contribution in [0, 0.1) is 17.0 Å². The van der Waals surface area contributed by atoms with Gasteiger partial charge in [-0.25, -0.2) is 4.98 Å². The SMILES string of the molecule is Cc1ccc2c(N)c(C(=O)c3ccc([N+](=O)[O-])cc3)sc2n1. The number of carbonyl (C=O) groups is 1. The summed E-state index contributed by atoms with van der Waals surface area (Å²) < 4.78 is 0. The Morgan fingerprint density at radius 3 is 2.55 bits per heavy atom. The summed E-state index contributed by atoms with van der Waals surface area (Å²) in [5.41, 5.74) is 7.60. The lowest BCUT2D eigenvalue weighted by atomic mass is 10.1. The average molecular weight is 313 g/mol. The number of rotatable bonds is 3. The van der Waals surface area contributed by atoms with Crippen LogP contribution in [0.1, 0.15) is 20.9 Å². The lowest BCUT2D eigenvalue weighted by Gasteiger charge is -1.99. The second kappa shape index (κ2) is 5.19. The number of nitro groups is 1. The molecule has 0 aliphatic carbocycles. The van der Waals surface area contributed by atoms with Crippen LogP contribution in [0.3, 0.4) is 0 Å². The number of aromatic nitrogens is 1. The Bertz CT molecular complexity index is 900. The molecule has 1 aromatic carbocycles. The van der Waals surface area contributed by atoms with Gasteiger partial charge in [0.15, 0.2) is 0 Å². The van der Waals surface area contributed by atoms with Crippen LogP contribution in [-0.4, -0.2) is 15.7 Å². The monoisotopic (exact) mass is 313 g/mol. The third-order valence-electron chi connectivity index (χ3n) is 3.28. The Morgan fingerprint density at radius 1 is 1.23 bits per heavy atom. The van der Waals surface area contributed by atoms with Crippen LogP contribution in [0.25, 0.3) is 10.2 Å². The van der Waals surface area contributed by atoms with Gasteiger partial charge in [0.2, 0.25) is 5.78 Å². The molecule has 110 valence electrons. The zero-order valence-corrected chi connectivity index (χ0v) is 12.4. The highest BCUT2D eigenvalue weighted by atomic mass is 32.1. The minimum absolute atomic E-state index is 0.0573. The molecule has 2 aromatic heterocycles. The van der Waals surface area contributed by atoms with Crippen molar-refractivity contribution in [3.63, 3.8) is 0 Å². The lowest BCUT2D eigenvalue weighted by molar-refractivity contribution is -0.384. The molecule has 0 aliphatic rings. The van der Waals surface area contributed by atoms with Gasteiger partial charge in [0.25, 0.3) is 5.69 Å². The molecule has 2 heterocycles. The number of aryl methyl sites for hydroxylation is 1. The molecule has 2 N–H and O–H groups in total. The molecule has 0 bridgehead atoms. The number of nitrogen functional groups attached to an aromatic ring is 1. The number of thiophene rings is 1. The highest BCUT2D eigenvalue weighted by Crippen LogP contribution is 2.34. The fourth-order valence-corrected chi connectivity index (χ4v) is 3.23.